The van der Waals surface area contributed by atoms with E-state index in [1.54, 1.807) is 0 Å². The van der Waals surface area contributed by atoms with Crippen molar-refractivity contribution in [2.75, 3.05) is 13.2 Å². The Morgan fingerprint density at radius 1 is 1.35 bits per heavy atom. The predicted octanol–water partition coefficient (Wildman–Crippen LogP) is 0.697. The summed E-state index contributed by atoms with van der Waals surface area (Å²) in [6, 6.07) is 9.83. The molecule has 2 aliphatic rings. The molecule has 0 aliphatic carbocycles. The summed E-state index contributed by atoms with van der Waals surface area (Å²) in [5.41, 5.74) is 0.663. The van der Waals surface area contributed by atoms with Crippen LogP contribution in [0.5, 0.6) is 0 Å². The van der Waals surface area contributed by atoms with Crippen molar-refractivity contribution in [2.24, 2.45) is 0 Å². The lowest BCUT2D eigenvalue weighted by Crippen LogP contribution is -2.59. The van der Waals surface area contributed by atoms with Gasteiger partial charge >= 0.3 is 0 Å². The first-order chi connectivity index (χ1) is 9.68. The van der Waals surface area contributed by atoms with Gasteiger partial charge in [0, 0.05) is 18.9 Å². The molecule has 2 N–H and O–H groups in total. The summed E-state index contributed by atoms with van der Waals surface area (Å²) in [7, 11) is 0. The maximum absolute atomic E-state index is 12.2. The number of carbonyl (C=O) groups excluding carboxylic acids is 2. The van der Waals surface area contributed by atoms with Gasteiger partial charge in [-0.1, -0.05) is 30.3 Å². The fourth-order valence-corrected chi connectivity index (χ4v) is 2.75. The van der Waals surface area contributed by atoms with E-state index in [1.807, 2.05) is 30.3 Å². The smallest absolute Gasteiger partial charge is 0.222 e. The van der Waals surface area contributed by atoms with E-state index in [0.717, 1.165) is 12.0 Å². The van der Waals surface area contributed by atoms with Gasteiger partial charge in [0.2, 0.25) is 11.8 Å². The number of rotatable bonds is 4. The molecule has 2 saturated heterocycles. The topological polar surface area (TPSA) is 67.4 Å². The van der Waals surface area contributed by atoms with E-state index in [1.165, 1.54) is 0 Å². The minimum absolute atomic E-state index is 0.0312. The number of hydrogen-bond acceptors (Lipinski definition) is 3. The minimum atomic E-state index is -0.402. The molecule has 106 valence electrons. The van der Waals surface area contributed by atoms with Gasteiger partial charge in [-0.15, -0.1) is 0 Å². The first kappa shape index (κ1) is 13.1. The van der Waals surface area contributed by atoms with E-state index >= 15 is 0 Å². The van der Waals surface area contributed by atoms with Gasteiger partial charge in [-0.2, -0.15) is 0 Å². The molecule has 1 atom stereocenters. The normalized spacial score (nSPS) is 23.8. The Morgan fingerprint density at radius 2 is 2.10 bits per heavy atom. The molecule has 2 fully saturated rings. The lowest BCUT2D eigenvalue weighted by molar-refractivity contribution is -0.134. The Hall–Kier alpha value is -1.88. The molecule has 5 nitrogen and oxygen atoms in total. The third kappa shape index (κ3) is 2.54. The monoisotopic (exact) mass is 274 g/mol. The van der Waals surface area contributed by atoms with Crippen molar-refractivity contribution in [3.63, 3.8) is 0 Å². The van der Waals surface area contributed by atoms with Crippen LogP contribution in [-0.2, 0) is 19.9 Å². The van der Waals surface area contributed by atoms with Crippen LogP contribution in [0.1, 0.15) is 24.8 Å². The van der Waals surface area contributed by atoms with Gasteiger partial charge in [0.1, 0.15) is 5.54 Å². The van der Waals surface area contributed by atoms with Gasteiger partial charge in [-0.3, -0.25) is 9.59 Å². The van der Waals surface area contributed by atoms with Crippen LogP contribution in [0.4, 0.5) is 0 Å². The van der Waals surface area contributed by atoms with E-state index in [2.05, 4.69) is 10.6 Å². The van der Waals surface area contributed by atoms with Crippen LogP contribution in [0.3, 0.4) is 0 Å². The van der Waals surface area contributed by atoms with E-state index < -0.39 is 5.54 Å². The number of amides is 2. The van der Waals surface area contributed by atoms with Crippen LogP contribution >= 0.6 is 0 Å². The molecule has 2 amide bonds. The zero-order valence-corrected chi connectivity index (χ0v) is 11.2. The van der Waals surface area contributed by atoms with Crippen molar-refractivity contribution in [3.05, 3.63) is 35.9 Å². The van der Waals surface area contributed by atoms with Gasteiger partial charge in [-0.05, 0) is 12.0 Å². The second kappa shape index (κ2) is 5.25. The maximum atomic E-state index is 12.2. The Balaban J connectivity index is 1.63. The van der Waals surface area contributed by atoms with Crippen LogP contribution in [0.15, 0.2) is 30.3 Å². The summed E-state index contributed by atoms with van der Waals surface area (Å²) >= 11 is 0. The molecule has 0 saturated carbocycles. The van der Waals surface area contributed by atoms with E-state index in [0.29, 0.717) is 26.1 Å². The second-order valence-electron chi connectivity index (χ2n) is 5.50. The van der Waals surface area contributed by atoms with Crippen LogP contribution < -0.4 is 10.6 Å². The van der Waals surface area contributed by atoms with Crippen LogP contribution in [-0.4, -0.2) is 31.1 Å². The first-order valence-corrected chi connectivity index (χ1v) is 6.92. The predicted molar refractivity (Wildman–Crippen MR) is 72.9 cm³/mol. The van der Waals surface area contributed by atoms with Gasteiger partial charge < -0.3 is 15.4 Å². The highest BCUT2D eigenvalue weighted by Crippen LogP contribution is 2.29. The molecule has 2 heterocycles. The fourth-order valence-electron chi connectivity index (χ4n) is 2.75. The molecular weight excluding hydrogens is 256 g/mol. The lowest BCUT2D eigenvalue weighted by Gasteiger charge is -2.42. The highest BCUT2D eigenvalue weighted by atomic mass is 16.5. The molecule has 0 radical (unpaired) electrons. The van der Waals surface area contributed by atoms with Crippen LogP contribution in [0.25, 0.3) is 0 Å². The molecule has 0 aromatic heterocycles. The fraction of sp³-hybridized carbons (Fsp3) is 0.467. The lowest BCUT2D eigenvalue weighted by atomic mass is 9.87. The average Bonchev–Trinajstić information content (AvgIpc) is 2.80. The summed E-state index contributed by atoms with van der Waals surface area (Å²) in [4.78, 5) is 23.3. The van der Waals surface area contributed by atoms with E-state index in [-0.39, 0.29) is 17.9 Å². The van der Waals surface area contributed by atoms with Crippen molar-refractivity contribution >= 4 is 11.8 Å². The molecule has 1 aromatic carbocycles. The number of hydrogen-bond donors (Lipinski definition) is 2. The average molecular weight is 274 g/mol. The largest absolute Gasteiger partial charge is 0.376 e. The van der Waals surface area contributed by atoms with Gasteiger partial charge in [-0.25, -0.2) is 0 Å². The van der Waals surface area contributed by atoms with Crippen molar-refractivity contribution in [3.8, 4) is 0 Å². The molecule has 1 aromatic rings. The molecule has 20 heavy (non-hydrogen) atoms. The Labute approximate surface area is 117 Å². The Bertz CT molecular complexity index is 511. The maximum Gasteiger partial charge on any atom is 0.222 e. The van der Waals surface area contributed by atoms with Gasteiger partial charge in [0.05, 0.1) is 13.2 Å². The Morgan fingerprint density at radius 3 is 2.65 bits per heavy atom. The van der Waals surface area contributed by atoms with Crippen molar-refractivity contribution in [2.45, 2.75) is 30.8 Å². The molecular formula is C15H18N2O3. The zero-order chi connectivity index (χ0) is 14.0. The molecule has 2 aliphatic heterocycles. The highest BCUT2D eigenvalue weighted by molar-refractivity contribution is 5.82. The van der Waals surface area contributed by atoms with Crippen molar-refractivity contribution in [1.29, 1.82) is 0 Å². The van der Waals surface area contributed by atoms with Crippen LogP contribution in [0.2, 0.25) is 0 Å². The second-order valence-corrected chi connectivity index (χ2v) is 5.50. The van der Waals surface area contributed by atoms with Crippen molar-refractivity contribution < 1.29 is 14.3 Å². The number of benzene rings is 1. The Kier molecular flexibility index (Phi) is 3.44. The quantitative estimate of drug-likeness (QED) is 0.849. The number of ether oxygens (including phenoxy) is 1. The zero-order valence-electron chi connectivity index (χ0n) is 11.2. The minimum Gasteiger partial charge on any atom is -0.376 e. The van der Waals surface area contributed by atoms with Gasteiger partial charge in [0.15, 0.2) is 0 Å². The van der Waals surface area contributed by atoms with Crippen molar-refractivity contribution in [1.82, 2.24) is 10.6 Å². The van der Waals surface area contributed by atoms with E-state index in [4.69, 9.17) is 4.74 Å². The highest BCUT2D eigenvalue weighted by Gasteiger charge is 2.42. The third-order valence-corrected chi connectivity index (χ3v) is 3.92. The summed E-state index contributed by atoms with van der Waals surface area (Å²) < 4.78 is 5.30. The molecule has 5 heteroatoms. The van der Waals surface area contributed by atoms with Crippen LogP contribution in [0, 0.1) is 0 Å². The summed E-state index contributed by atoms with van der Waals surface area (Å²) in [5.74, 6) is -0.00287. The molecule has 0 spiro atoms. The van der Waals surface area contributed by atoms with E-state index in [9.17, 15) is 9.59 Å². The number of carbonyl (C=O) groups is 2. The summed E-state index contributed by atoms with van der Waals surface area (Å²) in [6.07, 6.45) is 1.59. The third-order valence-electron chi connectivity index (χ3n) is 3.92. The molecule has 3 rings (SSSR count). The van der Waals surface area contributed by atoms with Gasteiger partial charge in [0.25, 0.3) is 0 Å². The summed E-state index contributed by atoms with van der Waals surface area (Å²) in [5, 5.41) is 5.89. The summed E-state index contributed by atoms with van der Waals surface area (Å²) in [6.45, 7) is 1.000. The molecule has 1 unspecified atom stereocenters. The standard InChI is InChI=1S/C15H18N2O3/c18-13-7-6-12(16-13)8-14(19)17-15(9-20-10-15)11-4-2-1-3-5-11/h1-5,12H,6-10H2,(H,16,18)(H,17,19). The molecule has 0 bridgehead atoms. The number of nitrogens with one attached hydrogen (secondary N) is 2. The first-order valence-electron chi connectivity index (χ1n) is 6.92. The SMILES string of the molecule is O=C1CCC(CC(=O)NC2(c3ccccc3)COC2)N1.